The number of nitriles is 1. The second kappa shape index (κ2) is 9.45. The highest BCUT2D eigenvalue weighted by Gasteiger charge is 2.29. The first-order chi connectivity index (χ1) is 14.6. The van der Waals surface area contributed by atoms with E-state index in [1.54, 1.807) is 22.3 Å². The summed E-state index contributed by atoms with van der Waals surface area (Å²) in [6.45, 7) is 1.53. The molecule has 156 valence electrons. The lowest BCUT2D eigenvalue weighted by molar-refractivity contribution is -0.111. The SMILES string of the molecule is N#Cc1c(NC(=O)C=Cc2ccsc2)sc2c1CCC(OC(=O)N1CCCCC1)C2. The van der Waals surface area contributed by atoms with Crippen molar-refractivity contribution in [3.63, 3.8) is 0 Å². The molecular formula is C22H23N3O3S2. The third-order valence-electron chi connectivity index (χ3n) is 5.42. The van der Waals surface area contributed by atoms with Gasteiger partial charge in [-0.15, -0.1) is 11.3 Å². The maximum Gasteiger partial charge on any atom is 0.410 e. The molecule has 0 bridgehead atoms. The van der Waals surface area contributed by atoms with Gasteiger partial charge in [0.1, 0.15) is 17.2 Å². The van der Waals surface area contributed by atoms with Crippen molar-refractivity contribution < 1.29 is 14.3 Å². The summed E-state index contributed by atoms with van der Waals surface area (Å²) in [5, 5.41) is 17.0. The lowest BCUT2D eigenvalue weighted by Gasteiger charge is -2.29. The first-order valence-corrected chi connectivity index (χ1v) is 11.9. The minimum absolute atomic E-state index is 0.181. The Morgan fingerprint density at radius 1 is 1.30 bits per heavy atom. The fourth-order valence-electron chi connectivity index (χ4n) is 3.85. The number of nitrogens with one attached hydrogen (secondary N) is 1. The van der Waals surface area contributed by atoms with Gasteiger partial charge in [0.2, 0.25) is 5.91 Å². The van der Waals surface area contributed by atoms with Crippen molar-refractivity contribution in [1.82, 2.24) is 4.90 Å². The molecule has 1 saturated heterocycles. The summed E-state index contributed by atoms with van der Waals surface area (Å²) in [4.78, 5) is 27.5. The van der Waals surface area contributed by atoms with Crippen molar-refractivity contribution in [3.8, 4) is 6.07 Å². The summed E-state index contributed by atoms with van der Waals surface area (Å²) in [6.07, 6.45) is 8.01. The van der Waals surface area contributed by atoms with E-state index >= 15 is 0 Å². The maximum absolute atomic E-state index is 12.4. The van der Waals surface area contributed by atoms with Gasteiger partial charge in [-0.1, -0.05) is 0 Å². The molecule has 0 aromatic carbocycles. The molecule has 1 atom stereocenters. The average Bonchev–Trinajstić information content (AvgIpc) is 3.39. The zero-order valence-electron chi connectivity index (χ0n) is 16.6. The van der Waals surface area contributed by atoms with Crippen LogP contribution in [-0.2, 0) is 22.4 Å². The molecule has 4 rings (SSSR count). The molecule has 6 nitrogen and oxygen atoms in total. The number of carbonyl (C=O) groups is 2. The third-order valence-corrected chi connectivity index (χ3v) is 7.29. The Labute approximate surface area is 183 Å². The Balaban J connectivity index is 1.41. The largest absolute Gasteiger partial charge is 0.446 e. The van der Waals surface area contributed by atoms with E-state index in [1.165, 1.54) is 23.8 Å². The molecule has 2 amide bonds. The molecule has 2 aliphatic rings. The Bertz CT molecular complexity index is 982. The number of nitrogens with zero attached hydrogens (tertiary/aromatic N) is 2. The van der Waals surface area contributed by atoms with E-state index < -0.39 is 0 Å². The smallest absolute Gasteiger partial charge is 0.410 e. The molecule has 30 heavy (non-hydrogen) atoms. The second-order valence-electron chi connectivity index (χ2n) is 7.50. The summed E-state index contributed by atoms with van der Waals surface area (Å²) in [5.74, 6) is -0.260. The standard InChI is InChI=1S/C22H23N3O3S2/c23-13-18-17-6-5-16(28-22(27)25-9-2-1-3-10-25)12-19(17)30-21(18)24-20(26)7-4-15-8-11-29-14-15/h4,7-8,11,14,16H,1-3,5-6,9-10,12H2,(H,24,26). The summed E-state index contributed by atoms with van der Waals surface area (Å²) in [6, 6.07) is 4.18. The summed E-state index contributed by atoms with van der Waals surface area (Å²) in [5.41, 5.74) is 2.48. The number of rotatable bonds is 4. The van der Waals surface area contributed by atoms with Crippen LogP contribution in [0.4, 0.5) is 9.80 Å². The normalized spacial score (nSPS) is 18.6. The van der Waals surface area contributed by atoms with Crippen LogP contribution in [0.15, 0.2) is 22.9 Å². The predicted octanol–water partition coefficient (Wildman–Crippen LogP) is 4.81. The van der Waals surface area contributed by atoms with Crippen LogP contribution in [0.1, 0.15) is 47.3 Å². The lowest BCUT2D eigenvalue weighted by atomic mass is 9.94. The molecule has 0 saturated carbocycles. The van der Waals surface area contributed by atoms with Crippen molar-refractivity contribution in [2.75, 3.05) is 18.4 Å². The second-order valence-corrected chi connectivity index (χ2v) is 9.38. The Kier molecular flexibility index (Phi) is 6.50. The van der Waals surface area contributed by atoms with Gasteiger partial charge in [0.15, 0.2) is 0 Å². The molecule has 2 aromatic rings. The number of hydrogen-bond acceptors (Lipinski definition) is 6. The van der Waals surface area contributed by atoms with E-state index in [-0.39, 0.29) is 18.1 Å². The van der Waals surface area contributed by atoms with Crippen LogP contribution in [-0.4, -0.2) is 36.1 Å². The van der Waals surface area contributed by atoms with Crippen molar-refractivity contribution >= 4 is 45.8 Å². The van der Waals surface area contributed by atoms with Crippen molar-refractivity contribution in [1.29, 1.82) is 5.26 Å². The van der Waals surface area contributed by atoms with Gasteiger partial charge >= 0.3 is 6.09 Å². The third kappa shape index (κ3) is 4.74. The molecule has 8 heteroatoms. The Morgan fingerprint density at radius 2 is 2.13 bits per heavy atom. The number of ether oxygens (including phenoxy) is 1. The van der Waals surface area contributed by atoms with Crippen LogP contribution >= 0.6 is 22.7 Å². The number of thiophene rings is 2. The van der Waals surface area contributed by atoms with Crippen LogP contribution in [0.2, 0.25) is 0 Å². The Morgan fingerprint density at radius 3 is 2.87 bits per heavy atom. The highest BCUT2D eigenvalue weighted by atomic mass is 32.1. The fourth-order valence-corrected chi connectivity index (χ4v) is 5.75. The van der Waals surface area contributed by atoms with E-state index in [0.29, 0.717) is 29.8 Å². The van der Waals surface area contributed by atoms with E-state index in [2.05, 4.69) is 11.4 Å². The van der Waals surface area contributed by atoms with E-state index in [1.807, 2.05) is 16.8 Å². The summed E-state index contributed by atoms with van der Waals surface area (Å²) >= 11 is 2.98. The highest BCUT2D eigenvalue weighted by Crippen LogP contribution is 2.38. The molecular weight excluding hydrogens is 418 g/mol. The molecule has 2 aromatic heterocycles. The number of anilines is 1. The molecule has 1 aliphatic heterocycles. The van der Waals surface area contributed by atoms with Crippen LogP contribution in [0.3, 0.4) is 0 Å². The van der Waals surface area contributed by atoms with Gasteiger partial charge in [-0.2, -0.15) is 16.6 Å². The summed E-state index contributed by atoms with van der Waals surface area (Å²) < 4.78 is 5.74. The first kappa shape index (κ1) is 20.6. The highest BCUT2D eigenvalue weighted by molar-refractivity contribution is 7.16. The van der Waals surface area contributed by atoms with Crippen LogP contribution < -0.4 is 5.32 Å². The fraction of sp³-hybridized carbons (Fsp3) is 0.409. The number of piperidine rings is 1. The first-order valence-electron chi connectivity index (χ1n) is 10.2. The van der Waals surface area contributed by atoms with Gasteiger partial charge in [0.05, 0.1) is 5.56 Å². The number of carbonyl (C=O) groups excluding carboxylic acids is 2. The van der Waals surface area contributed by atoms with Gasteiger partial charge in [0, 0.05) is 30.5 Å². The average molecular weight is 442 g/mol. The topological polar surface area (TPSA) is 82.4 Å². The lowest BCUT2D eigenvalue weighted by Crippen LogP contribution is -2.39. The molecule has 1 unspecified atom stereocenters. The zero-order valence-corrected chi connectivity index (χ0v) is 18.2. The monoisotopic (exact) mass is 441 g/mol. The van der Waals surface area contributed by atoms with E-state index in [9.17, 15) is 14.9 Å². The quantitative estimate of drug-likeness (QED) is 0.690. The number of hydrogen-bond donors (Lipinski definition) is 1. The van der Waals surface area contributed by atoms with Crippen LogP contribution in [0, 0.1) is 11.3 Å². The molecule has 3 heterocycles. The number of fused-ring (bicyclic) bond motifs is 1. The van der Waals surface area contributed by atoms with Crippen molar-refractivity contribution in [2.24, 2.45) is 0 Å². The minimum atomic E-state index is -0.260. The molecule has 0 radical (unpaired) electrons. The van der Waals surface area contributed by atoms with Gasteiger partial charge in [-0.25, -0.2) is 4.79 Å². The van der Waals surface area contributed by atoms with E-state index in [4.69, 9.17) is 4.74 Å². The van der Waals surface area contributed by atoms with E-state index in [0.717, 1.165) is 41.9 Å². The molecule has 1 aliphatic carbocycles. The van der Waals surface area contributed by atoms with Gasteiger partial charge in [-0.3, -0.25) is 4.79 Å². The van der Waals surface area contributed by atoms with Crippen molar-refractivity contribution in [2.45, 2.75) is 44.6 Å². The number of amides is 2. The zero-order chi connectivity index (χ0) is 20.9. The summed E-state index contributed by atoms with van der Waals surface area (Å²) in [7, 11) is 0. The molecule has 1 N–H and O–H groups in total. The molecule has 1 fully saturated rings. The maximum atomic E-state index is 12.4. The predicted molar refractivity (Wildman–Crippen MR) is 119 cm³/mol. The van der Waals surface area contributed by atoms with Crippen molar-refractivity contribution in [3.05, 3.63) is 44.5 Å². The van der Waals surface area contributed by atoms with Gasteiger partial charge in [-0.05, 0) is 66.1 Å². The Hall–Kier alpha value is -2.63. The minimum Gasteiger partial charge on any atom is -0.446 e. The van der Waals surface area contributed by atoms with Crippen LogP contribution in [0.5, 0.6) is 0 Å². The van der Waals surface area contributed by atoms with Gasteiger partial charge < -0.3 is 15.0 Å². The molecule has 0 spiro atoms. The van der Waals surface area contributed by atoms with Gasteiger partial charge in [0.25, 0.3) is 0 Å². The van der Waals surface area contributed by atoms with Crippen LogP contribution in [0.25, 0.3) is 6.08 Å². The number of likely N-dealkylation sites (tertiary alicyclic amines) is 1.